The Balaban J connectivity index is 2.84. The largest absolute Gasteiger partial charge is 0.396 e. The van der Waals surface area contributed by atoms with E-state index >= 15 is 0 Å². The van der Waals surface area contributed by atoms with Crippen LogP contribution in [0, 0.1) is 5.92 Å². The molecule has 0 heterocycles. The van der Waals surface area contributed by atoms with Crippen molar-refractivity contribution in [3.05, 3.63) is 0 Å². The van der Waals surface area contributed by atoms with Gasteiger partial charge in [-0.05, 0) is 18.7 Å². The summed E-state index contributed by atoms with van der Waals surface area (Å²) in [6, 6.07) is 0. The van der Waals surface area contributed by atoms with E-state index in [2.05, 4.69) is 0 Å². The second-order valence-corrected chi connectivity index (χ2v) is 0.851. The number of hydrogen-bond donors (Lipinski definition) is 1. The molecule has 0 spiro atoms. The van der Waals surface area contributed by atoms with Gasteiger partial charge in [0, 0.05) is 12.0 Å². The smallest absolute Gasteiger partial charge is 0.0567 e. The van der Waals surface area contributed by atoms with Crippen molar-refractivity contribution in [1.29, 1.82) is 0 Å². The van der Waals surface area contributed by atoms with Gasteiger partial charge in [-0.2, -0.15) is 0 Å². The molecule has 0 amide bonds. The molecule has 30 valence electrons. The van der Waals surface area contributed by atoms with Crippen molar-refractivity contribution >= 4 is 0 Å². The highest BCUT2D eigenvalue weighted by Crippen LogP contribution is 2.27. The highest BCUT2D eigenvalue weighted by molar-refractivity contribution is 4.70. The van der Waals surface area contributed by atoms with Crippen LogP contribution >= 0.6 is 0 Å². The molecule has 0 unspecified atom stereocenters. The van der Waals surface area contributed by atoms with Gasteiger partial charge < -0.3 is 5.11 Å². The van der Waals surface area contributed by atoms with Gasteiger partial charge in [0.05, 0.1) is 2.74 Å². The van der Waals surface area contributed by atoms with Crippen LogP contribution in [0.4, 0.5) is 0 Å². The fourth-order valence-electron chi connectivity index (χ4n) is 0.106. The minimum atomic E-state index is -2.77. The summed E-state index contributed by atoms with van der Waals surface area (Å²) >= 11 is 0. The predicted molar refractivity (Wildman–Crippen MR) is 19.8 cm³/mol. The quantitative estimate of drug-likeness (QED) is 0.481. The average Bonchev–Trinajstić information content (AvgIpc) is 1.93. The van der Waals surface area contributed by atoms with E-state index in [9.17, 15) is 0 Å². The van der Waals surface area contributed by atoms with Gasteiger partial charge in [0.15, 0.2) is 0 Å². The highest BCUT2D eigenvalue weighted by atomic mass is 16.3. The summed E-state index contributed by atoms with van der Waals surface area (Å²) in [6.07, 6.45) is -4.49. The van der Waals surface area contributed by atoms with Crippen molar-refractivity contribution < 1.29 is 13.3 Å². The lowest BCUT2D eigenvalue weighted by molar-refractivity contribution is 0.277. The molecule has 1 aliphatic rings. The third-order valence-corrected chi connectivity index (χ3v) is 0.418. The molecule has 0 atom stereocenters. The maximum atomic E-state index is 8.68. The number of hydrogen-bond acceptors (Lipinski definition) is 1. The van der Waals surface area contributed by atoms with Gasteiger partial charge >= 0.3 is 0 Å². The molecule has 1 saturated carbocycles. The summed E-state index contributed by atoms with van der Waals surface area (Å²) in [6.45, 7) is -2.77. The zero-order chi connectivity index (χ0) is 9.08. The molecule has 1 aliphatic carbocycles. The van der Waals surface area contributed by atoms with Crippen molar-refractivity contribution in [3.63, 3.8) is 0 Å². The van der Waals surface area contributed by atoms with Gasteiger partial charge in [0.2, 0.25) is 0 Å². The lowest BCUT2D eigenvalue weighted by Gasteiger charge is -1.73. The van der Waals surface area contributed by atoms with Gasteiger partial charge in [-0.3, -0.25) is 0 Å². The molecule has 1 fully saturated rings. The Morgan fingerprint density at radius 1 is 2.20 bits per heavy atom. The Hall–Kier alpha value is -0.0400. The van der Waals surface area contributed by atoms with E-state index in [4.69, 9.17) is 13.3 Å². The average molecular weight is 78.1 g/mol. The first-order valence-electron chi connectivity index (χ1n) is 4.34. The Morgan fingerprint density at radius 3 is 2.80 bits per heavy atom. The van der Waals surface area contributed by atoms with Crippen LogP contribution in [0.1, 0.15) is 21.0 Å². The van der Waals surface area contributed by atoms with Crippen LogP contribution in [0.3, 0.4) is 0 Å². The van der Waals surface area contributed by atoms with Crippen molar-refractivity contribution in [2.24, 2.45) is 5.92 Å². The second kappa shape index (κ2) is 0.977. The van der Waals surface area contributed by atoms with Gasteiger partial charge in [-0.1, -0.05) is 0 Å². The maximum Gasteiger partial charge on any atom is 0.0567 e. The van der Waals surface area contributed by atoms with Gasteiger partial charge in [0.1, 0.15) is 0 Å². The standard InChI is InChI=1S/C4H8O/c5-3-4-1-2-4/h4-5H,1-3H2/i1D2,2D2,3D2. The summed E-state index contributed by atoms with van der Waals surface area (Å²) in [5.41, 5.74) is 0. The molecule has 0 bridgehead atoms. The second-order valence-electron chi connectivity index (χ2n) is 0.851. The molecule has 1 heteroatoms. The Bertz CT molecular complexity index is 168. The van der Waals surface area contributed by atoms with Gasteiger partial charge in [-0.25, -0.2) is 0 Å². The molecule has 0 aliphatic heterocycles. The first kappa shape index (κ1) is 0.648. The molecule has 0 radical (unpaired) electrons. The normalized spacial score (nSPS) is 64.2. The van der Waals surface area contributed by atoms with E-state index in [0.29, 0.717) is 0 Å². The Kier molecular flexibility index (Phi) is 0.126. The summed E-state index contributed by atoms with van der Waals surface area (Å²) in [7, 11) is 0. The van der Waals surface area contributed by atoms with Crippen LogP contribution in [0.15, 0.2) is 0 Å². The van der Waals surface area contributed by atoms with Crippen molar-refractivity contribution in [2.45, 2.75) is 12.7 Å². The molecular weight excluding hydrogens is 64.0 g/mol. The number of rotatable bonds is 1. The fourth-order valence-corrected chi connectivity index (χ4v) is 0.106. The van der Waals surface area contributed by atoms with Gasteiger partial charge in [-0.15, -0.1) is 0 Å². The monoisotopic (exact) mass is 78.1 g/mol. The first-order chi connectivity index (χ1) is 4.62. The fraction of sp³-hybridized carbons (Fsp3) is 1.00. The molecule has 0 saturated heterocycles. The molecule has 1 N–H and O–H groups in total. The van der Waals surface area contributed by atoms with Crippen LogP contribution in [-0.2, 0) is 0 Å². The van der Waals surface area contributed by atoms with Crippen LogP contribution in [0.5, 0.6) is 0 Å². The zero-order valence-corrected chi connectivity index (χ0v) is 2.52. The minimum Gasteiger partial charge on any atom is -0.396 e. The molecule has 1 rings (SSSR count). The van der Waals surface area contributed by atoms with Crippen molar-refractivity contribution in [3.8, 4) is 0 Å². The lowest BCUT2D eigenvalue weighted by Crippen LogP contribution is -1.78. The minimum absolute atomic E-state index is 1.57. The van der Waals surface area contributed by atoms with Gasteiger partial charge in [0.25, 0.3) is 0 Å². The molecule has 1 nitrogen and oxygen atoms in total. The lowest BCUT2D eigenvalue weighted by atomic mass is 10.5. The van der Waals surface area contributed by atoms with Crippen molar-refractivity contribution in [1.82, 2.24) is 0 Å². The van der Waals surface area contributed by atoms with E-state index in [1.807, 2.05) is 0 Å². The van der Waals surface area contributed by atoms with Crippen LogP contribution < -0.4 is 0 Å². The summed E-state index contributed by atoms with van der Waals surface area (Å²) < 4.78 is 41.2. The maximum absolute atomic E-state index is 8.68. The summed E-state index contributed by atoms with van der Waals surface area (Å²) in [5, 5.41) is 8.68. The molecular formula is C4H8O. The Morgan fingerprint density at radius 2 is 2.80 bits per heavy atom. The van der Waals surface area contributed by atoms with Crippen LogP contribution in [0.2, 0.25) is 0 Å². The topological polar surface area (TPSA) is 20.2 Å². The third kappa shape index (κ3) is 0.618. The molecule has 0 aromatic carbocycles. The van der Waals surface area contributed by atoms with Crippen LogP contribution in [-0.4, -0.2) is 11.7 Å². The zero-order valence-electron chi connectivity index (χ0n) is 8.52. The summed E-state index contributed by atoms with van der Waals surface area (Å²) in [5.74, 6) is -1.57. The van der Waals surface area contributed by atoms with Crippen molar-refractivity contribution in [2.75, 3.05) is 6.56 Å². The SMILES string of the molecule is [2H]C([2H])(O)C1C([2H])([2H])C1([2H])[2H]. The van der Waals surface area contributed by atoms with E-state index < -0.39 is 25.2 Å². The van der Waals surface area contributed by atoms with E-state index in [0.717, 1.165) is 0 Å². The molecule has 0 aromatic heterocycles. The van der Waals surface area contributed by atoms with E-state index in [1.54, 1.807) is 0 Å². The summed E-state index contributed by atoms with van der Waals surface area (Å²) in [4.78, 5) is 0. The Labute approximate surface area is 40.1 Å². The predicted octanol–water partition coefficient (Wildman–Crippen LogP) is 0.389. The molecule has 0 aromatic rings. The highest BCUT2D eigenvalue weighted by Gasteiger charge is 2.18. The van der Waals surface area contributed by atoms with Crippen LogP contribution in [0.25, 0.3) is 0 Å². The molecule has 5 heavy (non-hydrogen) atoms. The van der Waals surface area contributed by atoms with E-state index in [1.165, 1.54) is 0 Å². The first-order valence-corrected chi connectivity index (χ1v) is 1.34. The van der Waals surface area contributed by atoms with E-state index in [-0.39, 0.29) is 0 Å². The number of aliphatic hydroxyl groups is 1. The third-order valence-electron chi connectivity index (χ3n) is 0.418.